The molecule has 4 N–H and O–H groups in total. The van der Waals surface area contributed by atoms with Crippen molar-refractivity contribution in [1.29, 1.82) is 0 Å². The average molecular weight is 288 g/mol. The summed E-state index contributed by atoms with van der Waals surface area (Å²) in [6, 6.07) is 9.12. The zero-order valence-electron chi connectivity index (χ0n) is 9.99. The molecule has 5 atom stereocenters. The third-order valence-corrected chi connectivity index (χ3v) is 3.62. The number of aliphatic hydroxyl groups excluding tert-OH is 4. The number of ether oxygens (including phenoxy) is 1. The molecule has 2 rings (SSSR count). The lowest BCUT2D eigenvalue weighted by molar-refractivity contribution is -0.278. The van der Waals surface area contributed by atoms with Crippen molar-refractivity contribution >= 4 is 12.0 Å². The van der Waals surface area contributed by atoms with Gasteiger partial charge in [-0.05, 0) is 12.1 Å². The van der Waals surface area contributed by atoms with Crippen LogP contribution in [-0.2, 0) is 8.92 Å². The van der Waals surface area contributed by atoms with Crippen molar-refractivity contribution in [2.45, 2.75) is 35.6 Å². The van der Waals surface area contributed by atoms with Crippen molar-refractivity contribution in [2.24, 2.45) is 0 Å². The first-order valence-corrected chi connectivity index (χ1v) is 6.56. The average Bonchev–Trinajstić information content (AvgIpc) is 2.44. The predicted molar refractivity (Wildman–Crippen MR) is 67.2 cm³/mol. The van der Waals surface area contributed by atoms with E-state index >= 15 is 0 Å². The largest absolute Gasteiger partial charge is 0.394 e. The van der Waals surface area contributed by atoms with E-state index in [4.69, 9.17) is 14.0 Å². The molecule has 1 aromatic rings. The molecule has 0 radical (unpaired) electrons. The van der Waals surface area contributed by atoms with Gasteiger partial charge in [0.15, 0.2) is 12.4 Å². The van der Waals surface area contributed by atoms with Gasteiger partial charge in [-0.15, -0.1) is 0 Å². The van der Waals surface area contributed by atoms with E-state index < -0.39 is 37.3 Å². The van der Waals surface area contributed by atoms with Gasteiger partial charge in [0.25, 0.3) is 0 Å². The van der Waals surface area contributed by atoms with Crippen LogP contribution in [0.15, 0.2) is 35.2 Å². The van der Waals surface area contributed by atoms with E-state index in [0.717, 1.165) is 16.9 Å². The lowest BCUT2D eigenvalue weighted by atomic mass is 9.99. The zero-order valence-corrected chi connectivity index (χ0v) is 10.8. The SMILES string of the molecule is OC[C@H]1O[C@@H](O)[C@H](OSc2ccccc2)[C@@H](O)[C@@H]1O. The molecule has 0 unspecified atom stereocenters. The molecular weight excluding hydrogens is 272 g/mol. The van der Waals surface area contributed by atoms with Crippen molar-refractivity contribution in [2.75, 3.05) is 6.61 Å². The van der Waals surface area contributed by atoms with Gasteiger partial charge < -0.3 is 25.2 Å². The second kappa shape index (κ2) is 6.67. The quantitative estimate of drug-likeness (QED) is 0.555. The molecule has 0 bridgehead atoms. The Morgan fingerprint density at radius 3 is 2.42 bits per heavy atom. The molecular formula is C12H16O6S. The predicted octanol–water partition coefficient (Wildman–Crippen LogP) is -0.490. The summed E-state index contributed by atoms with van der Waals surface area (Å²) in [7, 11) is 0. The van der Waals surface area contributed by atoms with Crippen LogP contribution in [0.3, 0.4) is 0 Å². The standard InChI is InChI=1S/C12H16O6S/c13-6-8-9(14)10(15)11(12(16)17-8)18-19-7-4-2-1-3-5-7/h1-5,8-16H,6H2/t8-,9-,10+,11-,12-/m1/s1. The molecule has 1 saturated heterocycles. The minimum absolute atomic E-state index is 0.492. The van der Waals surface area contributed by atoms with Crippen LogP contribution in [0.4, 0.5) is 0 Å². The van der Waals surface area contributed by atoms with E-state index in [0.29, 0.717) is 0 Å². The molecule has 7 heteroatoms. The molecule has 1 aliphatic heterocycles. The van der Waals surface area contributed by atoms with Gasteiger partial charge in [0.05, 0.1) is 6.61 Å². The van der Waals surface area contributed by atoms with Crippen LogP contribution in [0.2, 0.25) is 0 Å². The van der Waals surface area contributed by atoms with Gasteiger partial charge in [-0.1, -0.05) is 18.2 Å². The molecule has 0 saturated carbocycles. The van der Waals surface area contributed by atoms with E-state index in [1.54, 1.807) is 12.1 Å². The van der Waals surface area contributed by atoms with Crippen LogP contribution >= 0.6 is 12.0 Å². The summed E-state index contributed by atoms with van der Waals surface area (Å²) in [6.45, 7) is -0.492. The van der Waals surface area contributed by atoms with Gasteiger partial charge in [-0.3, -0.25) is 4.18 Å². The maximum absolute atomic E-state index is 9.85. The molecule has 19 heavy (non-hydrogen) atoms. The number of rotatable bonds is 4. The van der Waals surface area contributed by atoms with Crippen LogP contribution < -0.4 is 0 Å². The first-order valence-electron chi connectivity index (χ1n) is 5.82. The van der Waals surface area contributed by atoms with E-state index in [1.165, 1.54) is 0 Å². The third-order valence-electron chi connectivity index (χ3n) is 2.84. The highest BCUT2D eigenvalue weighted by atomic mass is 32.2. The minimum atomic E-state index is -1.41. The zero-order chi connectivity index (χ0) is 13.8. The summed E-state index contributed by atoms with van der Waals surface area (Å²) in [4.78, 5) is 0.792. The summed E-state index contributed by atoms with van der Waals surface area (Å²) >= 11 is 0.972. The highest BCUT2D eigenvalue weighted by Crippen LogP contribution is 2.28. The fraction of sp³-hybridized carbons (Fsp3) is 0.500. The second-order valence-corrected chi connectivity index (χ2v) is 5.02. The fourth-order valence-electron chi connectivity index (χ4n) is 1.76. The van der Waals surface area contributed by atoms with Gasteiger partial charge in [0.2, 0.25) is 0 Å². The normalized spacial score (nSPS) is 35.3. The Balaban J connectivity index is 1.96. The van der Waals surface area contributed by atoms with E-state index in [-0.39, 0.29) is 0 Å². The first kappa shape index (κ1) is 14.7. The molecule has 0 aliphatic carbocycles. The third kappa shape index (κ3) is 3.46. The molecule has 106 valence electrons. The lowest BCUT2D eigenvalue weighted by Gasteiger charge is -2.39. The van der Waals surface area contributed by atoms with Gasteiger partial charge in [0, 0.05) is 16.9 Å². The van der Waals surface area contributed by atoms with Crippen molar-refractivity contribution in [3.63, 3.8) is 0 Å². The Morgan fingerprint density at radius 1 is 1.11 bits per heavy atom. The highest BCUT2D eigenvalue weighted by molar-refractivity contribution is 7.94. The van der Waals surface area contributed by atoms with Crippen molar-refractivity contribution < 1.29 is 29.3 Å². The van der Waals surface area contributed by atoms with Crippen molar-refractivity contribution in [1.82, 2.24) is 0 Å². The Morgan fingerprint density at radius 2 is 1.79 bits per heavy atom. The maximum atomic E-state index is 9.85. The summed E-state index contributed by atoms with van der Waals surface area (Å²) < 4.78 is 10.3. The molecule has 0 spiro atoms. The fourth-order valence-corrected chi connectivity index (χ4v) is 2.46. The van der Waals surface area contributed by atoms with Crippen LogP contribution in [-0.4, -0.2) is 57.7 Å². The smallest absolute Gasteiger partial charge is 0.185 e. The van der Waals surface area contributed by atoms with Crippen molar-refractivity contribution in [3.8, 4) is 0 Å². The molecule has 1 fully saturated rings. The van der Waals surface area contributed by atoms with Gasteiger partial charge in [0.1, 0.15) is 18.3 Å². The van der Waals surface area contributed by atoms with E-state index in [2.05, 4.69) is 0 Å². The molecule has 0 amide bonds. The molecule has 1 heterocycles. The summed E-state index contributed by atoms with van der Waals surface area (Å²) in [5, 5.41) is 38.2. The molecule has 6 nitrogen and oxygen atoms in total. The monoisotopic (exact) mass is 288 g/mol. The van der Waals surface area contributed by atoms with E-state index in [1.807, 2.05) is 18.2 Å². The Labute approximate surface area is 114 Å². The van der Waals surface area contributed by atoms with Crippen LogP contribution in [0.5, 0.6) is 0 Å². The van der Waals surface area contributed by atoms with Crippen molar-refractivity contribution in [3.05, 3.63) is 30.3 Å². The van der Waals surface area contributed by atoms with Gasteiger partial charge in [-0.2, -0.15) is 0 Å². The maximum Gasteiger partial charge on any atom is 0.185 e. The first-order chi connectivity index (χ1) is 9.13. The summed E-state index contributed by atoms with van der Waals surface area (Å²) in [5.41, 5.74) is 0. The summed E-state index contributed by atoms with van der Waals surface area (Å²) in [6.07, 6.45) is -6.17. The Hall–Kier alpha value is -0.670. The summed E-state index contributed by atoms with van der Waals surface area (Å²) in [5.74, 6) is 0. The number of hydrogen-bond donors (Lipinski definition) is 4. The number of hydrogen-bond acceptors (Lipinski definition) is 7. The van der Waals surface area contributed by atoms with Crippen LogP contribution in [0.1, 0.15) is 0 Å². The Bertz CT molecular complexity index is 389. The topological polar surface area (TPSA) is 99.4 Å². The second-order valence-electron chi connectivity index (χ2n) is 4.19. The Kier molecular flexibility index (Phi) is 5.17. The van der Waals surface area contributed by atoms with E-state index in [9.17, 15) is 15.3 Å². The lowest BCUT2D eigenvalue weighted by Crippen LogP contribution is -2.58. The number of benzene rings is 1. The molecule has 1 aromatic carbocycles. The molecule has 1 aliphatic rings. The van der Waals surface area contributed by atoms with Gasteiger partial charge >= 0.3 is 0 Å². The molecule has 0 aromatic heterocycles. The van der Waals surface area contributed by atoms with Crippen LogP contribution in [0.25, 0.3) is 0 Å². The number of aliphatic hydroxyl groups is 4. The minimum Gasteiger partial charge on any atom is -0.394 e. The van der Waals surface area contributed by atoms with Gasteiger partial charge in [-0.25, -0.2) is 0 Å². The highest BCUT2D eigenvalue weighted by Gasteiger charge is 2.44. The van der Waals surface area contributed by atoms with Crippen LogP contribution in [0, 0.1) is 0 Å².